The van der Waals surface area contributed by atoms with Crippen LogP contribution >= 0.6 is 0 Å². The quantitative estimate of drug-likeness (QED) is 0.682. The van der Waals surface area contributed by atoms with E-state index < -0.39 is 10.0 Å². The monoisotopic (exact) mass is 218 g/mol. The smallest absolute Gasteiger partial charge is 0.214 e. The van der Waals surface area contributed by atoms with Crippen molar-refractivity contribution in [1.29, 1.82) is 0 Å². The zero-order valence-corrected chi connectivity index (χ0v) is 9.39. The van der Waals surface area contributed by atoms with Gasteiger partial charge >= 0.3 is 0 Å². The van der Waals surface area contributed by atoms with Gasteiger partial charge in [-0.1, -0.05) is 0 Å². The summed E-state index contributed by atoms with van der Waals surface area (Å²) in [4.78, 5) is 0. The van der Waals surface area contributed by atoms with Gasteiger partial charge in [0.1, 0.15) is 0 Å². The molecule has 0 aliphatic carbocycles. The van der Waals surface area contributed by atoms with Crippen molar-refractivity contribution in [3.8, 4) is 0 Å². The van der Waals surface area contributed by atoms with E-state index in [2.05, 4.69) is 12.2 Å². The van der Waals surface area contributed by atoms with Gasteiger partial charge in [0.05, 0.1) is 5.75 Å². The van der Waals surface area contributed by atoms with Gasteiger partial charge in [-0.2, -0.15) is 4.31 Å². The van der Waals surface area contributed by atoms with E-state index in [9.17, 15) is 8.42 Å². The predicted molar refractivity (Wildman–Crippen MR) is 55.6 cm³/mol. The highest BCUT2D eigenvalue weighted by Gasteiger charge is 2.35. The molecule has 0 radical (unpaired) electrons. The van der Waals surface area contributed by atoms with Crippen LogP contribution < -0.4 is 5.32 Å². The van der Waals surface area contributed by atoms with Gasteiger partial charge in [-0.3, -0.25) is 0 Å². The molecule has 14 heavy (non-hydrogen) atoms. The summed E-state index contributed by atoms with van der Waals surface area (Å²) < 4.78 is 25.0. The Hall–Kier alpha value is -0.130. The number of sulfonamides is 1. The number of nitrogens with zero attached hydrogens (tertiary/aromatic N) is 1. The molecule has 2 heterocycles. The van der Waals surface area contributed by atoms with Crippen LogP contribution in [0.4, 0.5) is 0 Å². The molecule has 0 aromatic heterocycles. The fourth-order valence-electron chi connectivity index (χ4n) is 2.30. The number of nitrogens with one attached hydrogen (secondary N) is 1. The van der Waals surface area contributed by atoms with Crippen molar-refractivity contribution in [1.82, 2.24) is 9.62 Å². The molecule has 2 rings (SSSR count). The van der Waals surface area contributed by atoms with E-state index in [1.165, 1.54) is 0 Å². The highest BCUT2D eigenvalue weighted by Crippen LogP contribution is 2.22. The maximum absolute atomic E-state index is 11.6. The maximum Gasteiger partial charge on any atom is 0.214 e. The Bertz CT molecular complexity index is 294. The summed E-state index contributed by atoms with van der Waals surface area (Å²) in [5, 5.41) is 3.34. The van der Waals surface area contributed by atoms with Crippen LogP contribution in [0.1, 0.15) is 26.2 Å². The highest BCUT2D eigenvalue weighted by molar-refractivity contribution is 7.89. The number of hydrogen-bond acceptors (Lipinski definition) is 3. The number of rotatable bonds is 1. The van der Waals surface area contributed by atoms with Gasteiger partial charge in [-0.05, 0) is 26.2 Å². The topological polar surface area (TPSA) is 49.4 Å². The highest BCUT2D eigenvalue weighted by atomic mass is 32.2. The van der Waals surface area contributed by atoms with E-state index in [-0.39, 0.29) is 6.04 Å². The molecule has 0 amide bonds. The third-order valence-corrected chi connectivity index (χ3v) is 5.18. The van der Waals surface area contributed by atoms with Crippen molar-refractivity contribution < 1.29 is 8.42 Å². The molecule has 5 heteroatoms. The average Bonchev–Trinajstić information content (AvgIpc) is 2.47. The second kappa shape index (κ2) is 3.79. The van der Waals surface area contributed by atoms with Crippen LogP contribution in [0, 0.1) is 0 Å². The molecule has 2 unspecified atom stereocenters. The van der Waals surface area contributed by atoms with E-state index in [0.29, 0.717) is 11.8 Å². The summed E-state index contributed by atoms with van der Waals surface area (Å²) in [7, 11) is -2.91. The lowest BCUT2D eigenvalue weighted by Gasteiger charge is -2.33. The van der Waals surface area contributed by atoms with E-state index in [0.717, 1.165) is 32.4 Å². The summed E-state index contributed by atoms with van der Waals surface area (Å²) in [6.45, 7) is 3.69. The minimum atomic E-state index is -2.91. The fourth-order valence-corrected chi connectivity index (χ4v) is 4.07. The number of hydrogen-bond donors (Lipinski definition) is 1. The van der Waals surface area contributed by atoms with E-state index in [1.54, 1.807) is 4.31 Å². The predicted octanol–water partition coefficient (Wildman–Crippen LogP) is 0.162. The molecule has 2 saturated heterocycles. The Labute approximate surface area is 85.7 Å². The summed E-state index contributed by atoms with van der Waals surface area (Å²) in [6.07, 6.45) is 2.89. The fraction of sp³-hybridized carbons (Fsp3) is 1.00. The van der Waals surface area contributed by atoms with Gasteiger partial charge in [0.25, 0.3) is 0 Å². The Balaban J connectivity index is 2.02. The van der Waals surface area contributed by atoms with Crippen molar-refractivity contribution in [3.05, 3.63) is 0 Å². The lowest BCUT2D eigenvalue weighted by atomic mass is 10.0. The van der Waals surface area contributed by atoms with E-state index >= 15 is 0 Å². The standard InChI is InChI=1S/C9H18N2O2S/c1-8-3-4-9(7-10-8)11-5-2-6-14(11,12)13/h8-10H,2-7H2,1H3. The van der Waals surface area contributed by atoms with Gasteiger partial charge in [0.2, 0.25) is 10.0 Å². The van der Waals surface area contributed by atoms with Crippen LogP contribution in [0.25, 0.3) is 0 Å². The first-order valence-electron chi connectivity index (χ1n) is 5.32. The van der Waals surface area contributed by atoms with Crippen LogP contribution in [0.2, 0.25) is 0 Å². The van der Waals surface area contributed by atoms with Crippen molar-refractivity contribution in [2.24, 2.45) is 0 Å². The third kappa shape index (κ3) is 1.94. The second-order valence-corrected chi connectivity index (χ2v) is 6.36. The van der Waals surface area contributed by atoms with Crippen molar-refractivity contribution in [2.45, 2.75) is 38.3 Å². The molecule has 82 valence electrons. The zero-order valence-electron chi connectivity index (χ0n) is 8.57. The van der Waals surface area contributed by atoms with Crippen LogP contribution in [0.3, 0.4) is 0 Å². The molecule has 0 spiro atoms. The summed E-state index contributed by atoms with van der Waals surface area (Å²) in [6, 6.07) is 0.746. The SMILES string of the molecule is CC1CCC(N2CCCS2(=O)=O)CN1. The van der Waals surface area contributed by atoms with Crippen molar-refractivity contribution >= 4 is 10.0 Å². The molecule has 4 nitrogen and oxygen atoms in total. The second-order valence-electron chi connectivity index (χ2n) is 4.32. The first kappa shape index (κ1) is 10.4. The Morgan fingerprint density at radius 2 is 2.14 bits per heavy atom. The van der Waals surface area contributed by atoms with E-state index in [1.807, 2.05) is 0 Å². The molecule has 0 bridgehead atoms. The Kier molecular flexibility index (Phi) is 2.81. The molecule has 0 saturated carbocycles. The summed E-state index contributed by atoms with van der Waals surface area (Å²) >= 11 is 0. The van der Waals surface area contributed by atoms with Crippen molar-refractivity contribution in [2.75, 3.05) is 18.8 Å². The van der Waals surface area contributed by atoms with Gasteiger partial charge in [-0.15, -0.1) is 0 Å². The molecule has 2 aliphatic rings. The number of piperidine rings is 1. The lowest BCUT2D eigenvalue weighted by molar-refractivity contribution is 0.254. The zero-order chi connectivity index (χ0) is 10.2. The molecular formula is C9H18N2O2S. The van der Waals surface area contributed by atoms with Crippen LogP contribution in [-0.4, -0.2) is 43.6 Å². The lowest BCUT2D eigenvalue weighted by Crippen LogP contribution is -2.49. The maximum atomic E-state index is 11.6. The minimum absolute atomic E-state index is 0.207. The molecule has 2 atom stereocenters. The summed E-state index contributed by atoms with van der Waals surface area (Å²) in [5.74, 6) is 0.346. The molecule has 1 N–H and O–H groups in total. The van der Waals surface area contributed by atoms with Gasteiger partial charge in [0, 0.05) is 25.2 Å². The molecule has 2 aliphatic heterocycles. The minimum Gasteiger partial charge on any atom is -0.313 e. The van der Waals surface area contributed by atoms with Gasteiger partial charge in [-0.25, -0.2) is 8.42 Å². The van der Waals surface area contributed by atoms with Crippen molar-refractivity contribution in [3.63, 3.8) is 0 Å². The molecule has 0 aromatic carbocycles. The third-order valence-electron chi connectivity index (χ3n) is 3.18. The first-order valence-corrected chi connectivity index (χ1v) is 6.93. The normalized spacial score (nSPS) is 38.6. The summed E-state index contributed by atoms with van der Waals surface area (Å²) in [5.41, 5.74) is 0. The Morgan fingerprint density at radius 3 is 2.64 bits per heavy atom. The molecule has 2 fully saturated rings. The molecule has 0 aromatic rings. The van der Waals surface area contributed by atoms with Crippen LogP contribution in [-0.2, 0) is 10.0 Å². The molecular weight excluding hydrogens is 200 g/mol. The van der Waals surface area contributed by atoms with Crippen LogP contribution in [0.15, 0.2) is 0 Å². The Morgan fingerprint density at radius 1 is 1.36 bits per heavy atom. The van der Waals surface area contributed by atoms with Gasteiger partial charge < -0.3 is 5.32 Å². The largest absolute Gasteiger partial charge is 0.313 e. The average molecular weight is 218 g/mol. The first-order chi connectivity index (χ1) is 6.59. The van der Waals surface area contributed by atoms with E-state index in [4.69, 9.17) is 0 Å². The van der Waals surface area contributed by atoms with Gasteiger partial charge in [0.15, 0.2) is 0 Å². The van der Waals surface area contributed by atoms with Crippen LogP contribution in [0.5, 0.6) is 0 Å².